The second-order valence-corrected chi connectivity index (χ2v) is 10.9. The number of halogens is 1. The summed E-state index contributed by atoms with van der Waals surface area (Å²) < 4.78 is 25.7. The van der Waals surface area contributed by atoms with Gasteiger partial charge in [-0.1, -0.05) is 18.2 Å². The lowest BCUT2D eigenvalue weighted by Gasteiger charge is -2.36. The molecule has 230 valence electrons. The van der Waals surface area contributed by atoms with E-state index in [4.69, 9.17) is 19.7 Å². The fraction of sp³-hybridized carbons (Fsp3) is 0.412. The van der Waals surface area contributed by atoms with Crippen molar-refractivity contribution in [3.8, 4) is 11.5 Å². The van der Waals surface area contributed by atoms with Crippen LogP contribution in [0.5, 0.6) is 11.5 Å². The molecule has 0 aliphatic carbocycles. The lowest BCUT2D eigenvalue weighted by molar-refractivity contribution is -0.137. The van der Waals surface area contributed by atoms with Gasteiger partial charge in [0, 0.05) is 44.8 Å². The van der Waals surface area contributed by atoms with Gasteiger partial charge in [0.15, 0.2) is 0 Å². The highest BCUT2D eigenvalue weighted by atomic mass is 19.1. The maximum Gasteiger partial charge on any atom is 0.335 e. The smallest absolute Gasteiger partial charge is 0.335 e. The molecule has 0 saturated carbocycles. The number of carboxylic acids is 2. The Kier molecular flexibility index (Phi) is 12.2. The van der Waals surface area contributed by atoms with Crippen LogP contribution in [0.3, 0.4) is 0 Å². The Morgan fingerprint density at radius 3 is 2.26 bits per heavy atom. The molecule has 1 unspecified atom stereocenters. The Hall–Kier alpha value is -4.11. The number of aryl methyl sites for hydroxylation is 1. The number of unbranched alkanes of at least 4 members (excludes halogenated alkanes) is 1. The first-order chi connectivity index (χ1) is 20.9. The van der Waals surface area contributed by atoms with E-state index in [9.17, 15) is 14.0 Å². The van der Waals surface area contributed by atoms with Gasteiger partial charge in [-0.25, -0.2) is 9.18 Å². The number of aliphatic carboxylic acids is 1. The van der Waals surface area contributed by atoms with Gasteiger partial charge < -0.3 is 24.6 Å². The van der Waals surface area contributed by atoms with Crippen molar-refractivity contribution in [1.29, 1.82) is 0 Å². The summed E-state index contributed by atoms with van der Waals surface area (Å²) in [5, 5.41) is 18.2. The van der Waals surface area contributed by atoms with Gasteiger partial charge in [0.05, 0.1) is 18.3 Å². The number of benzene rings is 3. The highest BCUT2D eigenvalue weighted by Crippen LogP contribution is 2.24. The average molecular weight is 593 g/mol. The van der Waals surface area contributed by atoms with Gasteiger partial charge >= 0.3 is 11.9 Å². The number of piperazine rings is 1. The van der Waals surface area contributed by atoms with Crippen molar-refractivity contribution < 1.29 is 33.7 Å². The van der Waals surface area contributed by atoms with Gasteiger partial charge in [-0.15, -0.1) is 0 Å². The van der Waals surface area contributed by atoms with E-state index in [1.54, 1.807) is 12.1 Å². The Morgan fingerprint density at radius 2 is 1.56 bits per heavy atom. The molecular formula is C34H41FN2O6. The monoisotopic (exact) mass is 592 g/mol. The van der Waals surface area contributed by atoms with E-state index in [1.807, 2.05) is 30.3 Å². The zero-order valence-corrected chi connectivity index (χ0v) is 24.5. The lowest BCUT2D eigenvalue weighted by atomic mass is 10.0. The summed E-state index contributed by atoms with van der Waals surface area (Å²) in [4.78, 5) is 26.8. The molecule has 8 nitrogen and oxygen atoms in total. The van der Waals surface area contributed by atoms with E-state index in [-0.39, 0.29) is 23.9 Å². The molecule has 1 aliphatic rings. The second kappa shape index (κ2) is 16.5. The molecule has 1 aliphatic heterocycles. The second-order valence-electron chi connectivity index (χ2n) is 10.9. The molecule has 43 heavy (non-hydrogen) atoms. The van der Waals surface area contributed by atoms with Gasteiger partial charge in [0.25, 0.3) is 0 Å². The molecule has 3 aromatic rings. The number of hydrogen-bond donors (Lipinski definition) is 2. The molecule has 1 fully saturated rings. The van der Waals surface area contributed by atoms with Gasteiger partial charge in [-0.3, -0.25) is 9.69 Å². The molecule has 0 spiro atoms. The van der Waals surface area contributed by atoms with Crippen LogP contribution in [-0.4, -0.2) is 72.5 Å². The van der Waals surface area contributed by atoms with Crippen molar-refractivity contribution in [3.63, 3.8) is 0 Å². The molecular weight excluding hydrogens is 551 g/mol. The summed E-state index contributed by atoms with van der Waals surface area (Å²) in [5.41, 5.74) is 2.35. The van der Waals surface area contributed by atoms with E-state index in [0.717, 1.165) is 69.0 Å². The zero-order valence-electron chi connectivity index (χ0n) is 24.5. The summed E-state index contributed by atoms with van der Waals surface area (Å²) in [6.45, 7) is 5.31. The van der Waals surface area contributed by atoms with Crippen LogP contribution >= 0.6 is 0 Å². The highest BCUT2D eigenvalue weighted by molar-refractivity contribution is 5.87. The minimum Gasteiger partial charge on any atom is -0.493 e. The number of hydrogen-bond acceptors (Lipinski definition) is 6. The van der Waals surface area contributed by atoms with Crippen molar-refractivity contribution in [2.24, 2.45) is 0 Å². The molecule has 1 saturated heterocycles. The first kappa shape index (κ1) is 31.8. The summed E-state index contributed by atoms with van der Waals surface area (Å²) >= 11 is 0. The number of carbonyl (C=O) groups is 2. The maximum atomic E-state index is 13.2. The third kappa shape index (κ3) is 10.6. The number of nitrogens with zero attached hydrogens (tertiary/aromatic N) is 2. The van der Waals surface area contributed by atoms with Gasteiger partial charge in [0.2, 0.25) is 0 Å². The van der Waals surface area contributed by atoms with Crippen LogP contribution < -0.4 is 14.4 Å². The fourth-order valence-corrected chi connectivity index (χ4v) is 5.30. The lowest BCUT2D eigenvalue weighted by Crippen LogP contribution is -2.46. The molecule has 9 heteroatoms. The molecule has 1 heterocycles. The molecule has 2 N–H and O–H groups in total. The minimum atomic E-state index is -0.988. The summed E-state index contributed by atoms with van der Waals surface area (Å²) in [6.07, 6.45) is 4.34. The molecule has 0 aromatic heterocycles. The maximum absolute atomic E-state index is 13.2. The van der Waals surface area contributed by atoms with Crippen LogP contribution in [0.2, 0.25) is 0 Å². The largest absolute Gasteiger partial charge is 0.493 e. The number of carboxylic acid groups (broad SMARTS) is 2. The van der Waals surface area contributed by atoms with Crippen molar-refractivity contribution in [2.45, 2.75) is 51.0 Å². The molecule has 4 rings (SSSR count). The number of ether oxygens (including phenoxy) is 2. The molecule has 0 amide bonds. The third-order valence-corrected chi connectivity index (χ3v) is 7.72. The van der Waals surface area contributed by atoms with Crippen LogP contribution in [0.1, 0.15) is 54.4 Å². The Labute approximate surface area is 252 Å². The van der Waals surface area contributed by atoms with E-state index < -0.39 is 11.9 Å². The Morgan fingerprint density at radius 1 is 0.837 bits per heavy atom. The van der Waals surface area contributed by atoms with Crippen LogP contribution in [-0.2, 0) is 11.2 Å². The first-order valence-electron chi connectivity index (χ1n) is 15.0. The third-order valence-electron chi connectivity index (χ3n) is 7.72. The highest BCUT2D eigenvalue weighted by Gasteiger charge is 2.18. The van der Waals surface area contributed by atoms with Crippen molar-refractivity contribution in [3.05, 3.63) is 89.7 Å². The number of para-hydroxylation sites is 1. The molecule has 0 bridgehead atoms. The molecule has 1 atom stereocenters. The topological polar surface area (TPSA) is 99.5 Å². The first-order valence-corrected chi connectivity index (χ1v) is 15.0. The summed E-state index contributed by atoms with van der Waals surface area (Å²) in [6, 6.07) is 21.1. The van der Waals surface area contributed by atoms with E-state index in [0.29, 0.717) is 31.6 Å². The summed E-state index contributed by atoms with van der Waals surface area (Å²) in [7, 11) is 0. The standard InChI is InChI=1S/C34H41FN2O6/c35-28-13-15-29(16-14-28)37-23-21-36(22-24-37)20-5-25-42-32-8-3-1-6-26(32)10-17-30(7-2-4-9-33(38)39)43-31-18-11-27(12-19-31)34(40)41/h1,3,6,8,11-16,18-19,30H,2,4-5,7,9-10,17,20-25H2,(H,38,39)(H,40,41). The Bertz CT molecular complexity index is 1290. The van der Waals surface area contributed by atoms with E-state index >= 15 is 0 Å². The minimum absolute atomic E-state index is 0.126. The number of rotatable bonds is 17. The van der Waals surface area contributed by atoms with Crippen LogP contribution in [0.25, 0.3) is 0 Å². The van der Waals surface area contributed by atoms with Crippen LogP contribution in [0, 0.1) is 5.82 Å². The van der Waals surface area contributed by atoms with Gasteiger partial charge in [0.1, 0.15) is 17.3 Å². The summed E-state index contributed by atoms with van der Waals surface area (Å²) in [5.74, 6) is -0.553. The zero-order chi connectivity index (χ0) is 30.4. The number of anilines is 1. The predicted molar refractivity (Wildman–Crippen MR) is 164 cm³/mol. The van der Waals surface area contributed by atoms with Crippen molar-refractivity contribution in [2.75, 3.05) is 44.2 Å². The van der Waals surface area contributed by atoms with Crippen LogP contribution in [0.4, 0.5) is 10.1 Å². The quantitative estimate of drug-likeness (QED) is 0.180. The Balaban J connectivity index is 1.24. The van der Waals surface area contributed by atoms with E-state index in [1.165, 1.54) is 24.3 Å². The SMILES string of the molecule is O=C(O)CCCCC(CCc1ccccc1OCCCN1CCN(c2ccc(F)cc2)CC1)Oc1ccc(C(=O)O)cc1. The van der Waals surface area contributed by atoms with Crippen molar-refractivity contribution >= 4 is 17.6 Å². The normalized spacial score (nSPS) is 14.3. The molecule has 3 aromatic carbocycles. The number of aromatic carboxylic acids is 1. The van der Waals surface area contributed by atoms with Gasteiger partial charge in [-0.2, -0.15) is 0 Å². The average Bonchev–Trinajstić information content (AvgIpc) is 3.01. The molecule has 0 radical (unpaired) electrons. The van der Waals surface area contributed by atoms with Gasteiger partial charge in [-0.05, 0) is 98.7 Å². The van der Waals surface area contributed by atoms with E-state index in [2.05, 4.69) is 15.9 Å². The van der Waals surface area contributed by atoms with Crippen LogP contribution in [0.15, 0.2) is 72.8 Å². The fourth-order valence-electron chi connectivity index (χ4n) is 5.30. The predicted octanol–water partition coefficient (Wildman–Crippen LogP) is 6.14. The van der Waals surface area contributed by atoms with Crippen molar-refractivity contribution in [1.82, 2.24) is 4.90 Å².